The maximum Gasteiger partial charge on any atom is 0.181 e. The fourth-order valence-electron chi connectivity index (χ4n) is 1.77. The third kappa shape index (κ3) is 1.52. The molecule has 0 amide bonds. The highest BCUT2D eigenvalue weighted by Crippen LogP contribution is 2.34. The Balaban J connectivity index is 1.86. The molecule has 1 aliphatic rings. The summed E-state index contributed by atoms with van der Waals surface area (Å²) in [6, 6.07) is 6.33. The summed E-state index contributed by atoms with van der Waals surface area (Å²) in [5.41, 5.74) is 1.80. The Morgan fingerprint density at radius 1 is 1.19 bits per heavy atom. The molecule has 3 nitrogen and oxygen atoms in total. The minimum Gasteiger partial charge on any atom is -0.478 e. The second kappa shape index (κ2) is 3.56. The van der Waals surface area contributed by atoms with Gasteiger partial charge in [0.2, 0.25) is 0 Å². The zero-order valence-corrected chi connectivity index (χ0v) is 8.44. The number of anilines is 1. The fourth-order valence-corrected chi connectivity index (χ4v) is 1.77. The van der Waals surface area contributed by atoms with Crippen LogP contribution in [0.25, 0.3) is 0 Å². The van der Waals surface area contributed by atoms with Crippen LogP contribution in [0.3, 0.4) is 0 Å². The zero-order chi connectivity index (χ0) is 11.0. The highest BCUT2D eigenvalue weighted by molar-refractivity contribution is 5.55. The first-order chi connectivity index (χ1) is 7.83. The molecule has 16 heavy (non-hydrogen) atoms. The first-order valence-corrected chi connectivity index (χ1v) is 5.05. The van der Waals surface area contributed by atoms with Crippen molar-refractivity contribution in [2.45, 2.75) is 6.10 Å². The van der Waals surface area contributed by atoms with Crippen LogP contribution < -0.4 is 10.1 Å². The van der Waals surface area contributed by atoms with Crippen molar-refractivity contribution in [3.8, 4) is 5.75 Å². The second-order valence-electron chi connectivity index (χ2n) is 3.69. The van der Waals surface area contributed by atoms with Crippen LogP contribution in [0.2, 0.25) is 0 Å². The van der Waals surface area contributed by atoms with Crippen molar-refractivity contribution >= 4 is 5.69 Å². The van der Waals surface area contributed by atoms with Crippen molar-refractivity contribution < 1.29 is 13.5 Å². The molecule has 0 saturated heterocycles. The number of benzene rings is 1. The largest absolute Gasteiger partial charge is 0.478 e. The molecule has 2 heterocycles. The first-order valence-electron chi connectivity index (χ1n) is 5.05. The van der Waals surface area contributed by atoms with Gasteiger partial charge in [0.05, 0.1) is 6.54 Å². The van der Waals surface area contributed by atoms with Crippen LogP contribution in [0.15, 0.2) is 41.2 Å². The van der Waals surface area contributed by atoms with E-state index < -0.39 is 0 Å². The molecule has 3 rings (SSSR count). The molecule has 82 valence electrons. The predicted octanol–water partition coefficient (Wildman–Crippen LogP) is 2.96. The highest BCUT2D eigenvalue weighted by Gasteiger charge is 2.22. The van der Waals surface area contributed by atoms with Crippen LogP contribution in [0.5, 0.6) is 5.75 Å². The van der Waals surface area contributed by atoms with Gasteiger partial charge in [0, 0.05) is 0 Å². The lowest BCUT2D eigenvalue weighted by Crippen LogP contribution is -2.22. The van der Waals surface area contributed by atoms with Gasteiger partial charge in [-0.05, 0) is 17.7 Å². The van der Waals surface area contributed by atoms with E-state index in [1.165, 1.54) is 12.1 Å². The lowest BCUT2D eigenvalue weighted by molar-refractivity contribution is 0.209. The van der Waals surface area contributed by atoms with Gasteiger partial charge in [-0.25, -0.2) is 4.39 Å². The van der Waals surface area contributed by atoms with E-state index in [4.69, 9.17) is 9.15 Å². The molecule has 0 fully saturated rings. The van der Waals surface area contributed by atoms with Crippen molar-refractivity contribution in [3.05, 3.63) is 48.2 Å². The Labute approximate surface area is 91.8 Å². The summed E-state index contributed by atoms with van der Waals surface area (Å²) in [5.74, 6) is 0.456. The lowest BCUT2D eigenvalue weighted by atomic mass is 10.1. The molecular weight excluding hydrogens is 209 g/mol. The third-order valence-corrected chi connectivity index (χ3v) is 2.62. The molecule has 0 saturated carbocycles. The number of hydrogen-bond donors (Lipinski definition) is 1. The predicted molar refractivity (Wildman–Crippen MR) is 57.0 cm³/mol. The molecule has 0 aliphatic carbocycles. The Morgan fingerprint density at radius 3 is 2.81 bits per heavy atom. The normalized spacial score (nSPS) is 18.4. The number of hydrogen-bond acceptors (Lipinski definition) is 3. The molecule has 1 aromatic heterocycles. The number of rotatable bonds is 1. The standard InChI is InChI=1S/C12H10FNO2/c13-9-3-1-8(2-4-9)11-5-14-10-6-15-7-12(10)16-11/h1-4,6-7,11,14H,5H2. The Morgan fingerprint density at radius 2 is 2.00 bits per heavy atom. The summed E-state index contributed by atoms with van der Waals surface area (Å²) in [6.07, 6.45) is 3.06. The number of nitrogens with one attached hydrogen (secondary N) is 1. The van der Waals surface area contributed by atoms with E-state index in [9.17, 15) is 4.39 Å². The summed E-state index contributed by atoms with van der Waals surface area (Å²) in [5, 5.41) is 3.19. The minimum absolute atomic E-state index is 0.106. The molecule has 1 unspecified atom stereocenters. The summed E-state index contributed by atoms with van der Waals surface area (Å²) in [7, 11) is 0. The van der Waals surface area contributed by atoms with E-state index in [2.05, 4.69) is 5.32 Å². The maximum atomic E-state index is 12.8. The zero-order valence-electron chi connectivity index (χ0n) is 8.44. The molecule has 1 atom stereocenters. The average Bonchev–Trinajstić information content (AvgIpc) is 2.77. The smallest absolute Gasteiger partial charge is 0.181 e. The van der Waals surface area contributed by atoms with E-state index in [0.29, 0.717) is 12.3 Å². The Bertz CT molecular complexity index is 492. The van der Waals surface area contributed by atoms with Crippen molar-refractivity contribution in [1.82, 2.24) is 0 Å². The Hall–Kier alpha value is -1.97. The third-order valence-electron chi connectivity index (χ3n) is 2.62. The van der Waals surface area contributed by atoms with Crippen molar-refractivity contribution in [3.63, 3.8) is 0 Å². The van der Waals surface area contributed by atoms with Crippen LogP contribution in [0.1, 0.15) is 11.7 Å². The maximum absolute atomic E-state index is 12.8. The van der Waals surface area contributed by atoms with Gasteiger partial charge < -0.3 is 14.5 Å². The molecule has 0 radical (unpaired) electrons. The molecule has 4 heteroatoms. The first kappa shape index (κ1) is 9.27. The lowest BCUT2D eigenvalue weighted by Gasteiger charge is -2.24. The summed E-state index contributed by atoms with van der Waals surface area (Å²) < 4.78 is 23.5. The molecule has 1 aromatic carbocycles. The van der Waals surface area contributed by atoms with Crippen LogP contribution in [0, 0.1) is 5.82 Å². The molecule has 1 aliphatic heterocycles. The summed E-state index contributed by atoms with van der Waals surface area (Å²) in [6.45, 7) is 0.651. The van der Waals surface area contributed by atoms with Gasteiger partial charge in [-0.1, -0.05) is 12.1 Å². The van der Waals surface area contributed by atoms with Crippen molar-refractivity contribution in [1.29, 1.82) is 0 Å². The topological polar surface area (TPSA) is 34.4 Å². The Kier molecular flexibility index (Phi) is 2.06. The number of halogens is 1. The van der Waals surface area contributed by atoms with Crippen LogP contribution >= 0.6 is 0 Å². The van der Waals surface area contributed by atoms with E-state index in [1.807, 2.05) is 0 Å². The van der Waals surface area contributed by atoms with Gasteiger partial charge in [-0.2, -0.15) is 0 Å². The molecule has 2 aromatic rings. The van der Waals surface area contributed by atoms with Gasteiger partial charge in [0.25, 0.3) is 0 Å². The van der Waals surface area contributed by atoms with Crippen LogP contribution in [-0.2, 0) is 0 Å². The summed E-state index contributed by atoms with van der Waals surface area (Å²) in [4.78, 5) is 0. The molecule has 1 N–H and O–H groups in total. The molecule has 0 spiro atoms. The van der Waals surface area contributed by atoms with Gasteiger partial charge in [0.15, 0.2) is 5.75 Å². The minimum atomic E-state index is -0.239. The number of ether oxygens (including phenoxy) is 1. The van der Waals surface area contributed by atoms with Crippen LogP contribution in [-0.4, -0.2) is 6.54 Å². The van der Waals surface area contributed by atoms with Crippen molar-refractivity contribution in [2.24, 2.45) is 0 Å². The average molecular weight is 219 g/mol. The SMILES string of the molecule is Fc1ccc(C2CNc3cocc3O2)cc1. The second-order valence-corrected chi connectivity index (χ2v) is 3.69. The number of fused-ring (bicyclic) bond motifs is 1. The van der Waals surface area contributed by atoms with Gasteiger partial charge in [0.1, 0.15) is 30.1 Å². The van der Waals surface area contributed by atoms with Gasteiger partial charge >= 0.3 is 0 Å². The number of furan rings is 1. The highest BCUT2D eigenvalue weighted by atomic mass is 19.1. The van der Waals surface area contributed by atoms with Gasteiger partial charge in [-0.15, -0.1) is 0 Å². The van der Waals surface area contributed by atoms with E-state index in [-0.39, 0.29) is 11.9 Å². The van der Waals surface area contributed by atoms with E-state index in [1.54, 1.807) is 24.7 Å². The fraction of sp³-hybridized carbons (Fsp3) is 0.167. The summed E-state index contributed by atoms with van der Waals surface area (Å²) >= 11 is 0. The van der Waals surface area contributed by atoms with E-state index >= 15 is 0 Å². The molecule has 0 bridgehead atoms. The van der Waals surface area contributed by atoms with Crippen LogP contribution in [0.4, 0.5) is 10.1 Å². The van der Waals surface area contributed by atoms with Gasteiger partial charge in [-0.3, -0.25) is 0 Å². The quantitative estimate of drug-likeness (QED) is 0.800. The monoisotopic (exact) mass is 219 g/mol. The van der Waals surface area contributed by atoms with E-state index in [0.717, 1.165) is 11.3 Å². The van der Waals surface area contributed by atoms with Crippen molar-refractivity contribution in [2.75, 3.05) is 11.9 Å². The molecular formula is C12H10FNO2.